The molecule has 3 nitrogen and oxygen atoms in total. The zero-order chi connectivity index (χ0) is 13.1. The van der Waals surface area contributed by atoms with E-state index in [1.807, 2.05) is 0 Å². The first-order chi connectivity index (χ1) is 8.58. The van der Waals surface area contributed by atoms with Crippen molar-refractivity contribution in [2.24, 2.45) is 17.6 Å². The zero-order valence-electron chi connectivity index (χ0n) is 12.3. The average molecular weight is 254 g/mol. The van der Waals surface area contributed by atoms with Gasteiger partial charge < -0.3 is 10.5 Å². The third-order valence-corrected chi connectivity index (χ3v) is 4.72. The minimum atomic E-state index is 0.371. The first-order valence-electron chi connectivity index (χ1n) is 7.71. The molecular formula is C15H30N2O. The maximum absolute atomic E-state index is 6.32. The fourth-order valence-corrected chi connectivity index (χ4v) is 3.73. The summed E-state index contributed by atoms with van der Waals surface area (Å²) in [7, 11) is 0. The lowest BCUT2D eigenvalue weighted by molar-refractivity contribution is -0.0738. The predicted molar refractivity (Wildman–Crippen MR) is 75.5 cm³/mol. The third kappa shape index (κ3) is 3.69. The van der Waals surface area contributed by atoms with Gasteiger partial charge in [0, 0.05) is 25.7 Å². The first kappa shape index (κ1) is 14.3. The highest BCUT2D eigenvalue weighted by atomic mass is 16.5. The molecule has 2 aliphatic rings. The van der Waals surface area contributed by atoms with Crippen molar-refractivity contribution >= 4 is 0 Å². The first-order valence-corrected chi connectivity index (χ1v) is 7.71. The fourth-order valence-electron chi connectivity index (χ4n) is 3.73. The van der Waals surface area contributed by atoms with Crippen LogP contribution in [-0.4, -0.2) is 42.8 Å². The second-order valence-corrected chi connectivity index (χ2v) is 6.49. The maximum atomic E-state index is 6.32. The lowest BCUT2D eigenvalue weighted by Gasteiger charge is -2.41. The monoisotopic (exact) mass is 254 g/mol. The van der Waals surface area contributed by atoms with Crippen LogP contribution in [-0.2, 0) is 4.74 Å². The van der Waals surface area contributed by atoms with E-state index in [9.17, 15) is 0 Å². The van der Waals surface area contributed by atoms with Crippen molar-refractivity contribution in [2.45, 2.75) is 64.7 Å². The standard InChI is InChI=1S/C15H30N2O/c1-4-13-5-6-15(16)14(7-13)10-17-8-11(2)18-12(3)9-17/h11-15H,4-10,16H2,1-3H3. The van der Waals surface area contributed by atoms with Crippen LogP contribution in [0.4, 0.5) is 0 Å². The fraction of sp³-hybridized carbons (Fsp3) is 1.00. The summed E-state index contributed by atoms with van der Waals surface area (Å²) < 4.78 is 5.80. The van der Waals surface area contributed by atoms with Crippen molar-refractivity contribution in [1.82, 2.24) is 4.90 Å². The topological polar surface area (TPSA) is 38.5 Å². The van der Waals surface area contributed by atoms with Crippen LogP contribution in [0.5, 0.6) is 0 Å². The maximum Gasteiger partial charge on any atom is 0.0678 e. The van der Waals surface area contributed by atoms with Crippen LogP contribution >= 0.6 is 0 Å². The van der Waals surface area contributed by atoms with Crippen LogP contribution in [0.2, 0.25) is 0 Å². The summed E-state index contributed by atoms with van der Waals surface area (Å²) in [5.74, 6) is 1.60. The van der Waals surface area contributed by atoms with Crippen molar-refractivity contribution in [3.05, 3.63) is 0 Å². The molecule has 1 aliphatic carbocycles. The molecular weight excluding hydrogens is 224 g/mol. The van der Waals surface area contributed by atoms with Gasteiger partial charge in [-0.1, -0.05) is 13.3 Å². The van der Waals surface area contributed by atoms with Crippen LogP contribution in [0.3, 0.4) is 0 Å². The van der Waals surface area contributed by atoms with Gasteiger partial charge in [-0.05, 0) is 44.9 Å². The Kier molecular flexibility index (Phi) is 5.05. The molecule has 5 unspecified atom stereocenters. The molecule has 1 aliphatic heterocycles. The second kappa shape index (κ2) is 6.36. The van der Waals surface area contributed by atoms with Gasteiger partial charge >= 0.3 is 0 Å². The van der Waals surface area contributed by atoms with Crippen LogP contribution in [0.1, 0.15) is 46.5 Å². The quantitative estimate of drug-likeness (QED) is 0.839. The zero-order valence-corrected chi connectivity index (χ0v) is 12.3. The van der Waals surface area contributed by atoms with E-state index in [0.717, 1.165) is 19.0 Å². The summed E-state index contributed by atoms with van der Waals surface area (Å²) in [4.78, 5) is 2.57. The Hall–Kier alpha value is -0.120. The van der Waals surface area contributed by atoms with Crippen LogP contribution in [0, 0.1) is 11.8 Å². The molecule has 1 saturated carbocycles. The third-order valence-electron chi connectivity index (χ3n) is 4.72. The molecule has 0 aromatic heterocycles. The number of nitrogens with two attached hydrogens (primary N) is 1. The summed E-state index contributed by atoms with van der Waals surface area (Å²) in [6.45, 7) is 10.00. The van der Waals surface area contributed by atoms with Crippen molar-refractivity contribution in [1.29, 1.82) is 0 Å². The van der Waals surface area contributed by atoms with Crippen molar-refractivity contribution in [3.8, 4) is 0 Å². The molecule has 18 heavy (non-hydrogen) atoms. The molecule has 2 fully saturated rings. The van der Waals surface area contributed by atoms with Gasteiger partial charge in [0.25, 0.3) is 0 Å². The molecule has 1 saturated heterocycles. The Morgan fingerprint density at radius 3 is 2.44 bits per heavy atom. The van der Waals surface area contributed by atoms with Gasteiger partial charge in [0.05, 0.1) is 12.2 Å². The van der Waals surface area contributed by atoms with Crippen molar-refractivity contribution in [2.75, 3.05) is 19.6 Å². The van der Waals surface area contributed by atoms with Gasteiger partial charge in [-0.3, -0.25) is 4.90 Å². The largest absolute Gasteiger partial charge is 0.373 e. The van der Waals surface area contributed by atoms with Gasteiger partial charge in [0.2, 0.25) is 0 Å². The summed E-state index contributed by atoms with van der Waals surface area (Å²) >= 11 is 0. The molecule has 0 spiro atoms. The van der Waals surface area contributed by atoms with E-state index < -0.39 is 0 Å². The molecule has 0 bridgehead atoms. The Morgan fingerprint density at radius 2 is 1.83 bits per heavy atom. The molecule has 0 radical (unpaired) electrons. The van der Waals surface area contributed by atoms with Crippen molar-refractivity contribution in [3.63, 3.8) is 0 Å². The van der Waals surface area contributed by atoms with E-state index in [0.29, 0.717) is 24.2 Å². The highest BCUT2D eigenvalue weighted by Crippen LogP contribution is 2.31. The number of ether oxygens (including phenoxy) is 1. The Balaban J connectivity index is 1.86. The molecule has 1 heterocycles. The van der Waals surface area contributed by atoms with E-state index >= 15 is 0 Å². The van der Waals surface area contributed by atoms with Gasteiger partial charge in [-0.2, -0.15) is 0 Å². The molecule has 2 rings (SSSR count). The van der Waals surface area contributed by atoms with Gasteiger partial charge in [0.15, 0.2) is 0 Å². The highest BCUT2D eigenvalue weighted by Gasteiger charge is 2.31. The summed E-state index contributed by atoms with van der Waals surface area (Å²) in [6.07, 6.45) is 5.95. The molecule has 0 amide bonds. The summed E-state index contributed by atoms with van der Waals surface area (Å²) in [5, 5.41) is 0. The lowest BCUT2D eigenvalue weighted by atomic mass is 9.77. The predicted octanol–water partition coefficient (Wildman–Crippen LogP) is 2.25. The van der Waals surface area contributed by atoms with E-state index in [-0.39, 0.29) is 0 Å². The van der Waals surface area contributed by atoms with E-state index in [1.54, 1.807) is 0 Å². The van der Waals surface area contributed by atoms with Crippen LogP contribution in [0.15, 0.2) is 0 Å². The Bertz CT molecular complexity index is 249. The Labute approximate surface area is 112 Å². The van der Waals surface area contributed by atoms with Gasteiger partial charge in [0.1, 0.15) is 0 Å². The minimum Gasteiger partial charge on any atom is -0.373 e. The second-order valence-electron chi connectivity index (χ2n) is 6.49. The average Bonchev–Trinajstić information content (AvgIpc) is 2.30. The minimum absolute atomic E-state index is 0.371. The van der Waals surface area contributed by atoms with Crippen molar-refractivity contribution < 1.29 is 4.74 Å². The van der Waals surface area contributed by atoms with Gasteiger partial charge in [-0.15, -0.1) is 0 Å². The highest BCUT2D eigenvalue weighted by molar-refractivity contribution is 4.86. The number of rotatable bonds is 3. The normalized spacial score (nSPS) is 43.0. The summed E-state index contributed by atoms with van der Waals surface area (Å²) in [5.41, 5.74) is 6.32. The number of hydrogen-bond acceptors (Lipinski definition) is 3. The number of hydrogen-bond donors (Lipinski definition) is 1. The van der Waals surface area contributed by atoms with Crippen LogP contribution in [0.25, 0.3) is 0 Å². The molecule has 0 aromatic carbocycles. The van der Waals surface area contributed by atoms with Gasteiger partial charge in [-0.25, -0.2) is 0 Å². The lowest BCUT2D eigenvalue weighted by Crippen LogP contribution is -2.50. The molecule has 3 heteroatoms. The SMILES string of the molecule is CCC1CCC(N)C(CN2CC(C)OC(C)C2)C1. The van der Waals surface area contributed by atoms with E-state index in [4.69, 9.17) is 10.5 Å². The summed E-state index contributed by atoms with van der Waals surface area (Å²) in [6, 6.07) is 0.418. The molecule has 2 N–H and O–H groups in total. The van der Waals surface area contributed by atoms with E-state index in [2.05, 4.69) is 25.7 Å². The molecule has 0 aromatic rings. The van der Waals surface area contributed by atoms with Crippen LogP contribution < -0.4 is 5.73 Å². The molecule has 5 atom stereocenters. The van der Waals surface area contributed by atoms with E-state index in [1.165, 1.54) is 32.2 Å². The molecule has 106 valence electrons. The Morgan fingerprint density at radius 1 is 1.17 bits per heavy atom. The number of morpholine rings is 1. The number of nitrogens with zero attached hydrogens (tertiary/aromatic N) is 1. The smallest absolute Gasteiger partial charge is 0.0678 e.